The first-order valence-corrected chi connectivity index (χ1v) is 7.03. The molecule has 1 aliphatic heterocycles. The van der Waals surface area contributed by atoms with Gasteiger partial charge in [0.05, 0.1) is 0 Å². The van der Waals surface area contributed by atoms with Crippen LogP contribution in [0.4, 0.5) is 11.4 Å². The van der Waals surface area contributed by atoms with Gasteiger partial charge >= 0.3 is 0 Å². The molecule has 0 fully saturated rings. The number of nitrogens with two attached hydrogens (primary N) is 1. The minimum atomic E-state index is 0.832. The molecule has 0 saturated carbocycles. The number of allylic oxidation sites excluding steroid dienone is 1. The van der Waals surface area contributed by atoms with Gasteiger partial charge in [-0.25, -0.2) is 0 Å². The van der Waals surface area contributed by atoms with Gasteiger partial charge in [-0.1, -0.05) is 36.4 Å². The normalized spacial score (nSPS) is 13.7. The van der Waals surface area contributed by atoms with Crippen molar-refractivity contribution in [2.45, 2.75) is 19.8 Å². The molecule has 0 amide bonds. The Labute approximate surface area is 120 Å². The fraction of sp³-hybridized carbons (Fsp3) is 0.222. The zero-order chi connectivity index (χ0) is 14.1. The molecule has 2 nitrogen and oxygen atoms in total. The number of nitrogens with zero attached hydrogens (tertiary/aromatic N) is 1. The summed E-state index contributed by atoms with van der Waals surface area (Å²) in [7, 11) is 0. The summed E-state index contributed by atoms with van der Waals surface area (Å²) in [4.78, 5) is 2.33. The molecule has 0 spiro atoms. The van der Waals surface area contributed by atoms with Gasteiger partial charge in [-0.05, 0) is 42.7 Å². The van der Waals surface area contributed by atoms with E-state index in [9.17, 15) is 0 Å². The van der Waals surface area contributed by atoms with Crippen LogP contribution in [0, 0.1) is 6.92 Å². The van der Waals surface area contributed by atoms with Gasteiger partial charge < -0.3 is 10.6 Å². The molecule has 0 aliphatic carbocycles. The first-order chi connectivity index (χ1) is 9.63. The Morgan fingerprint density at radius 2 is 2.05 bits per heavy atom. The van der Waals surface area contributed by atoms with Crippen molar-refractivity contribution in [2.24, 2.45) is 0 Å². The summed E-state index contributed by atoms with van der Waals surface area (Å²) in [6.07, 6.45) is 1.95. The predicted molar refractivity (Wildman–Crippen MR) is 85.9 cm³/mol. The van der Waals surface area contributed by atoms with E-state index in [-0.39, 0.29) is 0 Å². The lowest BCUT2D eigenvalue weighted by atomic mass is 10.1. The standard InChI is InChI=1S/C18H20N2/c1-13-6-7-18-16(10-13)11-14(2)20(18)9-8-15-4-3-5-17(19)12-15/h3-7,10,12H,2,8-9,11,19H2,1H3. The van der Waals surface area contributed by atoms with Gasteiger partial charge in [-0.3, -0.25) is 0 Å². The maximum Gasteiger partial charge on any atom is 0.0444 e. The SMILES string of the molecule is C=C1Cc2cc(C)ccc2N1CCc1cccc(N)c1. The number of hydrogen-bond acceptors (Lipinski definition) is 2. The van der Waals surface area contributed by atoms with Gasteiger partial charge in [0.1, 0.15) is 0 Å². The van der Waals surface area contributed by atoms with E-state index >= 15 is 0 Å². The topological polar surface area (TPSA) is 29.3 Å². The van der Waals surface area contributed by atoms with Crippen LogP contribution >= 0.6 is 0 Å². The Morgan fingerprint density at radius 1 is 1.20 bits per heavy atom. The first kappa shape index (κ1) is 12.8. The molecule has 2 heteroatoms. The van der Waals surface area contributed by atoms with Crippen LogP contribution in [0.5, 0.6) is 0 Å². The largest absolute Gasteiger partial charge is 0.399 e. The molecule has 0 unspecified atom stereocenters. The molecule has 0 bridgehead atoms. The predicted octanol–water partition coefficient (Wildman–Crippen LogP) is 3.70. The molecule has 2 N–H and O–H groups in total. The van der Waals surface area contributed by atoms with Gasteiger partial charge in [-0.2, -0.15) is 0 Å². The number of anilines is 2. The summed E-state index contributed by atoms with van der Waals surface area (Å²) < 4.78 is 0. The second-order valence-corrected chi connectivity index (χ2v) is 5.52. The van der Waals surface area contributed by atoms with Gasteiger partial charge in [0.2, 0.25) is 0 Å². The Balaban J connectivity index is 1.77. The highest BCUT2D eigenvalue weighted by Gasteiger charge is 2.22. The van der Waals surface area contributed by atoms with E-state index in [1.54, 1.807) is 0 Å². The van der Waals surface area contributed by atoms with E-state index in [1.165, 1.54) is 28.1 Å². The van der Waals surface area contributed by atoms with E-state index in [0.717, 1.165) is 25.1 Å². The molecule has 0 atom stereocenters. The van der Waals surface area contributed by atoms with Gasteiger partial charge in [0, 0.05) is 30.0 Å². The van der Waals surface area contributed by atoms with Crippen molar-refractivity contribution in [2.75, 3.05) is 17.2 Å². The second kappa shape index (κ2) is 5.04. The Kier molecular flexibility index (Phi) is 3.23. The van der Waals surface area contributed by atoms with Gasteiger partial charge in [0.25, 0.3) is 0 Å². The minimum Gasteiger partial charge on any atom is -0.399 e. The maximum absolute atomic E-state index is 5.83. The monoisotopic (exact) mass is 264 g/mol. The van der Waals surface area contributed by atoms with Crippen molar-refractivity contribution < 1.29 is 0 Å². The number of nitrogen functional groups attached to an aromatic ring is 1. The summed E-state index contributed by atoms with van der Waals surface area (Å²) in [5.74, 6) is 0. The van der Waals surface area contributed by atoms with Crippen LogP contribution in [-0.4, -0.2) is 6.54 Å². The van der Waals surface area contributed by atoms with Crippen molar-refractivity contribution >= 4 is 11.4 Å². The zero-order valence-electron chi connectivity index (χ0n) is 11.9. The highest BCUT2D eigenvalue weighted by Crippen LogP contribution is 2.34. The Morgan fingerprint density at radius 3 is 2.85 bits per heavy atom. The lowest BCUT2D eigenvalue weighted by Crippen LogP contribution is -2.21. The van der Waals surface area contributed by atoms with Gasteiger partial charge in [0.15, 0.2) is 0 Å². The third-order valence-electron chi connectivity index (χ3n) is 3.88. The number of rotatable bonds is 3. The van der Waals surface area contributed by atoms with Crippen LogP contribution in [0.15, 0.2) is 54.7 Å². The molecule has 102 valence electrons. The molecule has 0 radical (unpaired) electrons. The lowest BCUT2D eigenvalue weighted by molar-refractivity contribution is 0.884. The molecule has 0 aromatic heterocycles. The minimum absolute atomic E-state index is 0.832. The lowest BCUT2D eigenvalue weighted by Gasteiger charge is -2.21. The Hall–Kier alpha value is -2.22. The van der Waals surface area contributed by atoms with Crippen molar-refractivity contribution in [3.63, 3.8) is 0 Å². The third-order valence-corrected chi connectivity index (χ3v) is 3.88. The van der Waals surface area contributed by atoms with E-state index < -0.39 is 0 Å². The molecule has 0 saturated heterocycles. The molecular weight excluding hydrogens is 244 g/mol. The fourth-order valence-corrected chi connectivity index (χ4v) is 2.87. The van der Waals surface area contributed by atoms with E-state index in [2.05, 4.69) is 48.7 Å². The molecule has 1 heterocycles. The average Bonchev–Trinajstić information content (AvgIpc) is 2.71. The highest BCUT2D eigenvalue weighted by molar-refractivity contribution is 5.65. The van der Waals surface area contributed by atoms with E-state index in [0.29, 0.717) is 0 Å². The van der Waals surface area contributed by atoms with Crippen LogP contribution in [-0.2, 0) is 12.8 Å². The molecular formula is C18H20N2. The van der Waals surface area contributed by atoms with Crippen molar-refractivity contribution in [3.05, 3.63) is 71.4 Å². The maximum atomic E-state index is 5.83. The highest BCUT2D eigenvalue weighted by atomic mass is 15.2. The summed E-state index contributed by atoms with van der Waals surface area (Å²) in [5.41, 5.74) is 13.1. The number of fused-ring (bicyclic) bond motifs is 1. The van der Waals surface area contributed by atoms with Crippen molar-refractivity contribution in [1.82, 2.24) is 0 Å². The second-order valence-electron chi connectivity index (χ2n) is 5.52. The Bertz CT molecular complexity index is 658. The molecule has 2 aromatic rings. The summed E-state index contributed by atoms with van der Waals surface area (Å²) in [5, 5.41) is 0. The summed E-state index contributed by atoms with van der Waals surface area (Å²) >= 11 is 0. The molecule has 1 aliphatic rings. The van der Waals surface area contributed by atoms with E-state index in [4.69, 9.17) is 5.73 Å². The number of benzene rings is 2. The number of aryl methyl sites for hydroxylation is 1. The quantitative estimate of drug-likeness (QED) is 0.857. The average molecular weight is 264 g/mol. The van der Waals surface area contributed by atoms with E-state index in [1.807, 2.05) is 12.1 Å². The van der Waals surface area contributed by atoms with Crippen LogP contribution in [0.2, 0.25) is 0 Å². The molecule has 2 aromatic carbocycles. The smallest absolute Gasteiger partial charge is 0.0444 e. The van der Waals surface area contributed by atoms with Gasteiger partial charge in [-0.15, -0.1) is 0 Å². The van der Waals surface area contributed by atoms with Crippen LogP contribution in [0.3, 0.4) is 0 Å². The summed E-state index contributed by atoms with van der Waals surface area (Å²) in [6.45, 7) is 7.31. The molecule has 3 rings (SSSR count). The van der Waals surface area contributed by atoms with Crippen molar-refractivity contribution in [3.8, 4) is 0 Å². The first-order valence-electron chi connectivity index (χ1n) is 7.03. The van der Waals surface area contributed by atoms with Crippen LogP contribution in [0.25, 0.3) is 0 Å². The van der Waals surface area contributed by atoms with Crippen LogP contribution in [0.1, 0.15) is 16.7 Å². The summed E-state index contributed by atoms with van der Waals surface area (Å²) in [6, 6.07) is 14.8. The zero-order valence-corrected chi connectivity index (χ0v) is 11.9. The fourth-order valence-electron chi connectivity index (χ4n) is 2.87. The van der Waals surface area contributed by atoms with Crippen LogP contribution < -0.4 is 10.6 Å². The van der Waals surface area contributed by atoms with Crippen molar-refractivity contribution in [1.29, 1.82) is 0 Å². The molecule has 20 heavy (non-hydrogen) atoms. The third kappa shape index (κ3) is 2.42. The number of hydrogen-bond donors (Lipinski definition) is 1.